The molecule has 1 aromatic rings. The summed E-state index contributed by atoms with van der Waals surface area (Å²) < 4.78 is 22.9. The van der Waals surface area contributed by atoms with Crippen LogP contribution in [0.1, 0.15) is 62.2 Å². The number of hydrogen-bond acceptors (Lipinski definition) is 5. The quantitative estimate of drug-likeness (QED) is 0.836. The number of rotatable bonds is 3. The van der Waals surface area contributed by atoms with E-state index in [2.05, 4.69) is 0 Å². The topological polar surface area (TPSA) is 57.9 Å². The predicted octanol–water partition coefficient (Wildman–Crippen LogP) is 3.66. The van der Waals surface area contributed by atoms with Crippen molar-refractivity contribution >= 4 is 6.08 Å². The minimum absolute atomic E-state index is 0.0239. The van der Waals surface area contributed by atoms with Crippen molar-refractivity contribution in [3.05, 3.63) is 33.4 Å². The summed E-state index contributed by atoms with van der Waals surface area (Å²) in [4.78, 5) is 12.5. The van der Waals surface area contributed by atoms with E-state index in [1.165, 1.54) is 18.4 Å². The van der Waals surface area contributed by atoms with Gasteiger partial charge >= 0.3 is 5.63 Å². The fourth-order valence-electron chi connectivity index (χ4n) is 4.45. The molecule has 0 aromatic carbocycles. The summed E-state index contributed by atoms with van der Waals surface area (Å²) >= 11 is 0. The van der Waals surface area contributed by atoms with Gasteiger partial charge in [0.2, 0.25) is 0 Å². The highest BCUT2D eigenvalue weighted by Crippen LogP contribution is 2.39. The van der Waals surface area contributed by atoms with E-state index >= 15 is 0 Å². The summed E-state index contributed by atoms with van der Waals surface area (Å²) in [7, 11) is 3.43. The molecule has 2 aliphatic carbocycles. The van der Waals surface area contributed by atoms with E-state index in [0.29, 0.717) is 17.1 Å². The van der Waals surface area contributed by atoms with Crippen LogP contribution in [0.4, 0.5) is 0 Å². The summed E-state index contributed by atoms with van der Waals surface area (Å²) in [5, 5.41) is 0. The summed E-state index contributed by atoms with van der Waals surface area (Å²) in [6.07, 6.45) is 9.27. The molecule has 136 valence electrons. The molecule has 0 bridgehead atoms. The van der Waals surface area contributed by atoms with Crippen molar-refractivity contribution < 1.29 is 18.6 Å². The van der Waals surface area contributed by atoms with Gasteiger partial charge in [0, 0.05) is 26.2 Å². The summed E-state index contributed by atoms with van der Waals surface area (Å²) in [5.41, 5.74) is 1.52. The van der Waals surface area contributed by atoms with Crippen LogP contribution in [0.25, 0.3) is 6.08 Å². The third-order valence-electron chi connectivity index (χ3n) is 5.90. The average molecular weight is 346 g/mol. The van der Waals surface area contributed by atoms with Crippen LogP contribution in [-0.2, 0) is 9.47 Å². The first-order valence-electron chi connectivity index (χ1n) is 9.30. The van der Waals surface area contributed by atoms with Crippen LogP contribution in [-0.4, -0.2) is 32.5 Å². The number of ether oxygens (including phenoxy) is 3. The molecule has 1 aromatic heterocycles. The molecule has 25 heavy (non-hydrogen) atoms. The molecular weight excluding hydrogens is 320 g/mol. The Kier molecular flexibility index (Phi) is 4.69. The van der Waals surface area contributed by atoms with Crippen LogP contribution in [0.2, 0.25) is 0 Å². The van der Waals surface area contributed by atoms with Gasteiger partial charge in [-0.25, -0.2) is 4.79 Å². The number of methoxy groups -OCH3 is 2. The first kappa shape index (κ1) is 16.9. The molecular formula is C20H26O5. The fourth-order valence-corrected chi connectivity index (χ4v) is 4.45. The monoisotopic (exact) mass is 346 g/mol. The Hall–Kier alpha value is -1.59. The van der Waals surface area contributed by atoms with Crippen molar-refractivity contribution in [2.45, 2.75) is 69.2 Å². The van der Waals surface area contributed by atoms with Crippen LogP contribution in [0.15, 0.2) is 20.9 Å². The van der Waals surface area contributed by atoms with Gasteiger partial charge in [-0.15, -0.1) is 0 Å². The van der Waals surface area contributed by atoms with Gasteiger partial charge in [0.1, 0.15) is 23.2 Å². The maximum absolute atomic E-state index is 12.5. The van der Waals surface area contributed by atoms with Gasteiger partial charge in [-0.05, 0) is 56.6 Å². The number of fused-ring (bicyclic) bond motifs is 2. The molecule has 4 rings (SSSR count). The first-order chi connectivity index (χ1) is 12.2. The SMILES string of the molecule is COC1CCC(c2cc3c(c(=O)o2)C=C2CCCCC2O3)CC1OC. The van der Waals surface area contributed by atoms with Crippen molar-refractivity contribution in [1.29, 1.82) is 0 Å². The fraction of sp³-hybridized carbons (Fsp3) is 0.650. The average Bonchev–Trinajstić information content (AvgIpc) is 2.66. The van der Waals surface area contributed by atoms with E-state index in [-0.39, 0.29) is 29.9 Å². The highest BCUT2D eigenvalue weighted by molar-refractivity contribution is 5.62. The second-order valence-electron chi connectivity index (χ2n) is 7.34. The molecule has 0 amide bonds. The Morgan fingerprint density at radius 2 is 1.92 bits per heavy atom. The molecule has 1 aliphatic heterocycles. The normalized spacial score (nSPS) is 31.5. The molecule has 3 aliphatic rings. The second kappa shape index (κ2) is 6.96. The maximum atomic E-state index is 12.5. The molecule has 2 heterocycles. The maximum Gasteiger partial charge on any atom is 0.347 e. The summed E-state index contributed by atoms with van der Waals surface area (Å²) in [6.45, 7) is 0. The predicted molar refractivity (Wildman–Crippen MR) is 94.0 cm³/mol. The Bertz CT molecular complexity index is 719. The zero-order valence-electron chi connectivity index (χ0n) is 15.0. The van der Waals surface area contributed by atoms with Gasteiger partial charge in [0.15, 0.2) is 0 Å². The van der Waals surface area contributed by atoms with Crippen LogP contribution in [0.5, 0.6) is 5.75 Å². The first-order valence-corrected chi connectivity index (χ1v) is 9.30. The highest BCUT2D eigenvalue weighted by atomic mass is 16.5. The summed E-state index contributed by atoms with van der Waals surface area (Å²) in [5.74, 6) is 1.56. The zero-order chi connectivity index (χ0) is 17.4. The van der Waals surface area contributed by atoms with Crippen molar-refractivity contribution in [1.82, 2.24) is 0 Å². The van der Waals surface area contributed by atoms with Gasteiger partial charge < -0.3 is 18.6 Å². The Labute approximate surface area is 148 Å². The lowest BCUT2D eigenvalue weighted by molar-refractivity contribution is -0.0640. The van der Waals surface area contributed by atoms with Crippen molar-refractivity contribution in [2.75, 3.05) is 14.2 Å². The highest BCUT2D eigenvalue weighted by Gasteiger charge is 2.34. The Balaban J connectivity index is 1.62. The Morgan fingerprint density at radius 3 is 2.72 bits per heavy atom. The molecule has 2 saturated carbocycles. The van der Waals surface area contributed by atoms with E-state index in [0.717, 1.165) is 32.1 Å². The molecule has 0 radical (unpaired) electrons. The van der Waals surface area contributed by atoms with Crippen LogP contribution in [0, 0.1) is 0 Å². The standard InChI is InChI=1S/C20H26O5/c1-22-16-8-7-13(10-19(16)23-2)17-11-18-14(20(21)25-17)9-12-5-3-4-6-15(12)24-18/h9,11,13,15-16,19H,3-8,10H2,1-2H3. The number of hydrogen-bond donors (Lipinski definition) is 0. The van der Waals surface area contributed by atoms with Gasteiger partial charge in [-0.2, -0.15) is 0 Å². The molecule has 0 N–H and O–H groups in total. The molecule has 0 spiro atoms. The second-order valence-corrected chi connectivity index (χ2v) is 7.34. The van der Waals surface area contributed by atoms with Crippen LogP contribution < -0.4 is 10.4 Å². The largest absolute Gasteiger partial charge is 0.485 e. The van der Waals surface area contributed by atoms with Crippen LogP contribution in [0.3, 0.4) is 0 Å². The molecule has 0 saturated heterocycles. The molecule has 2 fully saturated rings. The van der Waals surface area contributed by atoms with E-state index in [4.69, 9.17) is 18.6 Å². The van der Waals surface area contributed by atoms with Gasteiger partial charge in [-0.1, -0.05) is 0 Å². The van der Waals surface area contributed by atoms with E-state index in [9.17, 15) is 4.79 Å². The van der Waals surface area contributed by atoms with Gasteiger partial charge in [-0.3, -0.25) is 0 Å². The summed E-state index contributed by atoms with van der Waals surface area (Å²) in [6, 6.07) is 1.93. The van der Waals surface area contributed by atoms with Crippen molar-refractivity contribution in [3.8, 4) is 5.75 Å². The smallest absolute Gasteiger partial charge is 0.347 e. The minimum Gasteiger partial charge on any atom is -0.485 e. The lowest BCUT2D eigenvalue weighted by Gasteiger charge is -2.34. The van der Waals surface area contributed by atoms with Gasteiger partial charge in [0.05, 0.1) is 12.2 Å². The van der Waals surface area contributed by atoms with E-state index < -0.39 is 0 Å². The molecule has 4 atom stereocenters. The minimum atomic E-state index is -0.285. The van der Waals surface area contributed by atoms with Crippen molar-refractivity contribution in [2.24, 2.45) is 0 Å². The lowest BCUT2D eigenvalue weighted by atomic mass is 9.83. The molecule has 5 nitrogen and oxygen atoms in total. The van der Waals surface area contributed by atoms with Crippen LogP contribution >= 0.6 is 0 Å². The molecule has 5 heteroatoms. The Morgan fingerprint density at radius 1 is 1.08 bits per heavy atom. The van der Waals surface area contributed by atoms with E-state index in [1.54, 1.807) is 14.2 Å². The molecule has 4 unspecified atom stereocenters. The lowest BCUT2D eigenvalue weighted by Crippen LogP contribution is -2.36. The van der Waals surface area contributed by atoms with Gasteiger partial charge in [0.25, 0.3) is 0 Å². The third-order valence-corrected chi connectivity index (χ3v) is 5.90. The van der Waals surface area contributed by atoms with E-state index in [1.807, 2.05) is 12.1 Å². The third kappa shape index (κ3) is 3.15. The zero-order valence-corrected chi connectivity index (χ0v) is 15.0. The van der Waals surface area contributed by atoms with Crippen molar-refractivity contribution in [3.63, 3.8) is 0 Å².